The fourth-order valence-electron chi connectivity index (χ4n) is 3.57. The number of hydrogen-bond acceptors (Lipinski definition) is 5. The first-order valence-electron chi connectivity index (χ1n) is 11.2. The van der Waals surface area contributed by atoms with Gasteiger partial charge in [-0.05, 0) is 49.1 Å². The minimum atomic E-state index is -3.77. The number of sulfonamides is 1. The van der Waals surface area contributed by atoms with Gasteiger partial charge < -0.3 is 4.74 Å². The quantitative estimate of drug-likeness (QED) is 0.193. The van der Waals surface area contributed by atoms with Crippen molar-refractivity contribution in [2.75, 3.05) is 17.3 Å². The van der Waals surface area contributed by atoms with Crippen LogP contribution in [0.4, 0.5) is 11.4 Å². The Balaban J connectivity index is 2.12. The number of amides is 1. The van der Waals surface area contributed by atoms with Gasteiger partial charge in [0, 0.05) is 6.07 Å². The number of hydrogen-bond donors (Lipinski definition) is 3. The number of aryl methyl sites for hydroxylation is 2. The lowest BCUT2D eigenvalue weighted by atomic mass is 10.0. The van der Waals surface area contributed by atoms with Crippen LogP contribution >= 0.6 is 0 Å². The van der Waals surface area contributed by atoms with E-state index in [0.29, 0.717) is 28.4 Å². The predicted molar refractivity (Wildman–Crippen MR) is 130 cm³/mol. The molecule has 2 rings (SSSR count). The van der Waals surface area contributed by atoms with Crippen LogP contribution in [0.2, 0.25) is 0 Å². The molecule has 0 spiro atoms. The number of unbranched alkanes of at least 4 members (excludes halogenated alkanes) is 6. The topological polar surface area (TPSA) is 96.5 Å². The van der Waals surface area contributed by atoms with Gasteiger partial charge >= 0.3 is 0 Å². The van der Waals surface area contributed by atoms with Crippen LogP contribution < -0.4 is 20.3 Å². The van der Waals surface area contributed by atoms with Gasteiger partial charge in [-0.25, -0.2) is 8.42 Å². The van der Waals surface area contributed by atoms with Crippen LogP contribution in [0.5, 0.6) is 5.75 Å². The second kappa shape index (κ2) is 13.0. The van der Waals surface area contributed by atoms with Crippen molar-refractivity contribution in [3.8, 4) is 5.75 Å². The Kier molecular flexibility index (Phi) is 10.3. The molecule has 0 saturated heterocycles. The third kappa shape index (κ3) is 7.75. The Morgan fingerprint density at radius 3 is 2.38 bits per heavy atom. The van der Waals surface area contributed by atoms with E-state index in [0.717, 1.165) is 30.4 Å². The Labute approximate surface area is 192 Å². The van der Waals surface area contributed by atoms with E-state index in [1.54, 1.807) is 24.3 Å². The largest absolute Gasteiger partial charge is 0.494 e. The summed E-state index contributed by atoms with van der Waals surface area (Å²) in [6.45, 7) is 4.10. The third-order valence-corrected chi connectivity index (χ3v) is 6.74. The molecule has 0 aliphatic rings. The van der Waals surface area contributed by atoms with E-state index in [9.17, 15) is 13.2 Å². The van der Waals surface area contributed by atoms with Crippen molar-refractivity contribution in [1.82, 2.24) is 5.43 Å². The van der Waals surface area contributed by atoms with Crippen molar-refractivity contribution in [3.05, 3.63) is 47.5 Å². The molecule has 32 heavy (non-hydrogen) atoms. The van der Waals surface area contributed by atoms with Gasteiger partial charge in [0.25, 0.3) is 10.0 Å². The highest BCUT2D eigenvalue weighted by Crippen LogP contribution is 2.29. The fourth-order valence-corrected chi connectivity index (χ4v) is 4.97. The van der Waals surface area contributed by atoms with Crippen molar-refractivity contribution in [3.63, 3.8) is 0 Å². The van der Waals surface area contributed by atoms with Gasteiger partial charge in [0.1, 0.15) is 5.75 Å². The van der Waals surface area contributed by atoms with E-state index in [4.69, 9.17) is 4.74 Å². The number of methoxy groups -OCH3 is 1. The average molecular weight is 462 g/mol. The molecule has 0 fully saturated rings. The van der Waals surface area contributed by atoms with Crippen LogP contribution in [0.3, 0.4) is 0 Å². The second-order valence-corrected chi connectivity index (χ2v) is 9.54. The Bertz CT molecular complexity index is 977. The summed E-state index contributed by atoms with van der Waals surface area (Å²) in [6.07, 6.45) is 9.51. The molecule has 0 saturated carbocycles. The van der Waals surface area contributed by atoms with Gasteiger partial charge in [-0.1, -0.05) is 57.6 Å². The van der Waals surface area contributed by atoms with E-state index in [-0.39, 0.29) is 0 Å². The number of carbonyl (C=O) groups excluding carboxylic acids is 1. The van der Waals surface area contributed by atoms with Crippen molar-refractivity contribution >= 4 is 27.8 Å². The van der Waals surface area contributed by atoms with Crippen molar-refractivity contribution in [1.29, 1.82) is 0 Å². The summed E-state index contributed by atoms with van der Waals surface area (Å²) in [4.78, 5) is 10.8. The maximum absolute atomic E-state index is 13.2. The van der Waals surface area contributed by atoms with Crippen LogP contribution in [-0.2, 0) is 21.2 Å². The SMILES string of the molecule is CCCCCCCCCc1ccc(C)cc1S(=O)(=O)Nc1ccc(NNC=O)c(OC)c1. The highest BCUT2D eigenvalue weighted by Gasteiger charge is 2.19. The van der Waals surface area contributed by atoms with Crippen molar-refractivity contribution in [2.45, 2.75) is 70.1 Å². The van der Waals surface area contributed by atoms with Crippen LogP contribution in [-0.4, -0.2) is 21.9 Å². The smallest absolute Gasteiger partial charge is 0.262 e. The molecule has 3 N–H and O–H groups in total. The summed E-state index contributed by atoms with van der Waals surface area (Å²) < 4.78 is 34.4. The number of ether oxygens (including phenoxy) is 1. The van der Waals surface area contributed by atoms with Gasteiger partial charge in [-0.15, -0.1) is 0 Å². The lowest BCUT2D eigenvalue weighted by Crippen LogP contribution is -2.19. The van der Waals surface area contributed by atoms with Crippen LogP contribution in [0.1, 0.15) is 63.0 Å². The molecule has 0 aliphatic heterocycles. The number of carbonyl (C=O) groups is 1. The number of anilines is 2. The number of benzene rings is 2. The van der Waals surface area contributed by atoms with Crippen molar-refractivity contribution in [2.24, 2.45) is 0 Å². The van der Waals surface area contributed by atoms with Crippen LogP contribution in [0, 0.1) is 6.92 Å². The molecule has 0 radical (unpaired) electrons. The molecular weight excluding hydrogens is 426 g/mol. The first-order valence-corrected chi connectivity index (χ1v) is 12.6. The minimum Gasteiger partial charge on any atom is -0.494 e. The zero-order chi connectivity index (χ0) is 23.4. The lowest BCUT2D eigenvalue weighted by Gasteiger charge is -2.15. The predicted octanol–water partition coefficient (Wildman–Crippen LogP) is 5.17. The summed E-state index contributed by atoms with van der Waals surface area (Å²) >= 11 is 0. The van der Waals surface area contributed by atoms with Crippen LogP contribution in [0.15, 0.2) is 41.3 Å². The first-order chi connectivity index (χ1) is 15.4. The zero-order valence-corrected chi connectivity index (χ0v) is 20.1. The normalized spacial score (nSPS) is 11.1. The molecule has 1 amide bonds. The van der Waals surface area contributed by atoms with Crippen molar-refractivity contribution < 1.29 is 17.9 Å². The van der Waals surface area contributed by atoms with E-state index < -0.39 is 10.0 Å². The van der Waals surface area contributed by atoms with E-state index in [2.05, 4.69) is 22.5 Å². The molecule has 0 atom stereocenters. The molecule has 0 heterocycles. The van der Waals surface area contributed by atoms with Gasteiger partial charge in [-0.2, -0.15) is 0 Å². The van der Waals surface area contributed by atoms with Gasteiger partial charge in [0.05, 0.1) is 23.4 Å². The molecule has 0 aliphatic carbocycles. The van der Waals surface area contributed by atoms with Gasteiger partial charge in [0.15, 0.2) is 0 Å². The molecule has 0 unspecified atom stereocenters. The fraction of sp³-hybridized carbons (Fsp3) is 0.458. The molecule has 7 nitrogen and oxygen atoms in total. The van der Waals surface area contributed by atoms with E-state index >= 15 is 0 Å². The summed E-state index contributed by atoms with van der Waals surface area (Å²) in [6, 6.07) is 10.4. The molecule has 2 aromatic carbocycles. The molecule has 0 bridgehead atoms. The molecule has 8 heteroatoms. The second-order valence-electron chi connectivity index (χ2n) is 7.89. The van der Waals surface area contributed by atoms with E-state index in [1.165, 1.54) is 39.2 Å². The standard InChI is InChI=1S/C24H35N3O4S/c1-4-5-6-7-8-9-10-11-20-13-12-19(2)16-24(20)32(29,30)27-21-14-15-22(26-25-18-28)23(17-21)31-3/h12-18,26-27H,4-11H2,1-3H3,(H,25,28). The average Bonchev–Trinajstić information content (AvgIpc) is 2.78. The third-order valence-electron chi connectivity index (χ3n) is 5.28. The summed E-state index contributed by atoms with van der Waals surface area (Å²) in [7, 11) is -2.30. The Morgan fingerprint density at radius 1 is 0.969 bits per heavy atom. The van der Waals surface area contributed by atoms with E-state index in [1.807, 2.05) is 19.1 Å². The number of hydrazine groups is 1. The summed E-state index contributed by atoms with van der Waals surface area (Å²) in [5.74, 6) is 0.395. The number of nitrogens with one attached hydrogen (secondary N) is 3. The lowest BCUT2D eigenvalue weighted by molar-refractivity contribution is -0.109. The summed E-state index contributed by atoms with van der Waals surface area (Å²) in [5, 5.41) is 0. The first kappa shape index (κ1) is 25.5. The Hall–Kier alpha value is -2.74. The Morgan fingerprint density at radius 2 is 1.69 bits per heavy atom. The molecule has 176 valence electrons. The highest BCUT2D eigenvalue weighted by atomic mass is 32.2. The number of rotatable bonds is 15. The highest BCUT2D eigenvalue weighted by molar-refractivity contribution is 7.92. The molecule has 0 aromatic heterocycles. The molecular formula is C24H35N3O4S. The maximum Gasteiger partial charge on any atom is 0.262 e. The minimum absolute atomic E-state index is 0.312. The van der Waals surface area contributed by atoms with Crippen LogP contribution in [0.25, 0.3) is 0 Å². The van der Waals surface area contributed by atoms with Gasteiger partial charge in [-0.3, -0.25) is 20.4 Å². The molecule has 2 aromatic rings. The summed E-state index contributed by atoms with van der Waals surface area (Å²) in [5.41, 5.74) is 7.63. The monoisotopic (exact) mass is 461 g/mol. The maximum atomic E-state index is 13.2. The van der Waals surface area contributed by atoms with Gasteiger partial charge in [0.2, 0.25) is 6.41 Å². The zero-order valence-electron chi connectivity index (χ0n) is 19.2.